The molecule has 0 saturated heterocycles. The van der Waals surface area contributed by atoms with E-state index in [1.807, 2.05) is 6.08 Å². The summed E-state index contributed by atoms with van der Waals surface area (Å²) < 4.78 is 7.82. The van der Waals surface area contributed by atoms with E-state index in [1.54, 1.807) is 25.3 Å². The van der Waals surface area contributed by atoms with Crippen LogP contribution >= 0.6 is 22.6 Å². The van der Waals surface area contributed by atoms with Crippen LogP contribution in [-0.2, 0) is 16.1 Å². The van der Waals surface area contributed by atoms with Crippen LogP contribution in [0.5, 0.6) is 0 Å². The van der Waals surface area contributed by atoms with Crippen molar-refractivity contribution in [2.24, 2.45) is 0 Å². The number of aromatic carboxylic acids is 1. The molecule has 112 valence electrons. The number of halogens is 1. The number of hydrogen-bond acceptors (Lipinski definition) is 3. The second-order valence-electron chi connectivity index (χ2n) is 4.24. The molecule has 1 N–H and O–H groups in total. The van der Waals surface area contributed by atoms with Gasteiger partial charge in [0, 0.05) is 16.0 Å². The number of aromatic nitrogens is 1. The van der Waals surface area contributed by atoms with Gasteiger partial charge in [-0.3, -0.25) is 4.79 Å². The van der Waals surface area contributed by atoms with Gasteiger partial charge in [0.25, 0.3) is 0 Å². The Balaban J connectivity index is 2.47. The third-order valence-electron chi connectivity index (χ3n) is 2.49. The van der Waals surface area contributed by atoms with Crippen molar-refractivity contribution in [2.45, 2.75) is 13.5 Å². The zero-order chi connectivity index (χ0) is 15.8. The molecule has 6 heteroatoms. The summed E-state index contributed by atoms with van der Waals surface area (Å²) in [5.74, 6) is -0.532. The molecule has 0 aliphatic heterocycles. The molecule has 0 spiro atoms. The van der Waals surface area contributed by atoms with Crippen LogP contribution in [0.25, 0.3) is 0 Å². The van der Waals surface area contributed by atoms with Gasteiger partial charge in [0.2, 0.25) is 0 Å². The number of carbonyl (C=O) groups excluding carboxylic acids is 1. The second kappa shape index (κ2) is 8.46. The van der Waals surface area contributed by atoms with E-state index >= 15 is 0 Å². The molecule has 0 aliphatic carbocycles. The molecule has 0 amide bonds. The summed E-state index contributed by atoms with van der Waals surface area (Å²) in [5.41, 5.74) is 0.156. The third-order valence-corrected chi connectivity index (χ3v) is 3.29. The van der Waals surface area contributed by atoms with Gasteiger partial charge in [0.15, 0.2) is 5.78 Å². The van der Waals surface area contributed by atoms with Crippen molar-refractivity contribution in [1.82, 2.24) is 4.57 Å². The van der Waals surface area contributed by atoms with Crippen LogP contribution in [0.15, 0.2) is 52.6 Å². The summed E-state index contributed by atoms with van der Waals surface area (Å²) in [4.78, 5) is 22.5. The zero-order valence-corrected chi connectivity index (χ0v) is 13.7. The molecule has 0 saturated carbocycles. The first-order valence-corrected chi connectivity index (χ1v) is 7.20. The molecular weight excluding hydrogens is 385 g/mol. The minimum absolute atomic E-state index is 0.0541. The van der Waals surface area contributed by atoms with E-state index in [2.05, 4.69) is 29.2 Å². The predicted octanol–water partition coefficient (Wildman–Crippen LogP) is 3.18. The van der Waals surface area contributed by atoms with Gasteiger partial charge in [-0.2, -0.15) is 0 Å². The molecular formula is C15H16INO4. The van der Waals surface area contributed by atoms with Gasteiger partial charge in [-0.1, -0.05) is 12.7 Å². The van der Waals surface area contributed by atoms with Gasteiger partial charge in [-0.15, -0.1) is 0 Å². The van der Waals surface area contributed by atoms with Crippen molar-refractivity contribution in [3.8, 4) is 0 Å². The van der Waals surface area contributed by atoms with E-state index in [0.717, 1.165) is 3.58 Å². The molecule has 21 heavy (non-hydrogen) atoms. The second-order valence-corrected chi connectivity index (χ2v) is 5.48. The molecule has 0 aromatic carbocycles. The van der Waals surface area contributed by atoms with Gasteiger partial charge in [-0.05, 0) is 47.7 Å². The first-order chi connectivity index (χ1) is 9.92. The lowest BCUT2D eigenvalue weighted by Gasteiger charge is -2.06. The maximum Gasteiger partial charge on any atom is 0.337 e. The minimum Gasteiger partial charge on any atom is -0.490 e. The van der Waals surface area contributed by atoms with Crippen LogP contribution in [0.1, 0.15) is 17.3 Å². The van der Waals surface area contributed by atoms with Gasteiger partial charge < -0.3 is 14.4 Å². The lowest BCUT2D eigenvalue weighted by Crippen LogP contribution is -2.14. The van der Waals surface area contributed by atoms with E-state index in [0.29, 0.717) is 5.76 Å². The summed E-state index contributed by atoms with van der Waals surface area (Å²) in [7, 11) is 0. The van der Waals surface area contributed by atoms with E-state index in [9.17, 15) is 9.59 Å². The number of allylic oxidation sites excluding steroid dienone is 5. The van der Waals surface area contributed by atoms with Crippen LogP contribution in [0, 0.1) is 0 Å². The number of nitrogens with zero attached hydrogens (tertiary/aromatic N) is 1. The summed E-state index contributed by atoms with van der Waals surface area (Å²) in [6.07, 6.45) is 8.27. The summed E-state index contributed by atoms with van der Waals surface area (Å²) >= 11 is 2.13. The van der Waals surface area contributed by atoms with Crippen LogP contribution in [0.4, 0.5) is 0 Å². The molecule has 0 unspecified atom stereocenters. The highest BCUT2D eigenvalue weighted by Crippen LogP contribution is 2.08. The average molecular weight is 401 g/mol. The molecule has 0 fully saturated rings. The molecule has 0 aliphatic rings. The van der Waals surface area contributed by atoms with E-state index in [1.165, 1.54) is 16.8 Å². The molecule has 0 radical (unpaired) electrons. The largest absolute Gasteiger partial charge is 0.490 e. The Bertz CT molecular complexity index is 599. The molecule has 1 aromatic rings. The Morgan fingerprint density at radius 2 is 2.19 bits per heavy atom. The SMILES string of the molecule is C=C/C(I)=C\C=C(/C)OCC(=O)Cn1ccc(C(=O)O)c1. The van der Waals surface area contributed by atoms with Crippen molar-refractivity contribution < 1.29 is 19.4 Å². The highest BCUT2D eigenvalue weighted by molar-refractivity contribution is 14.1. The Kier molecular flexibility index (Phi) is 6.93. The topological polar surface area (TPSA) is 68.5 Å². The standard InChI is InChI=1S/C15H16INO4/c1-3-13(16)5-4-11(2)21-10-14(18)9-17-7-6-12(8-17)15(19)20/h3-8H,1,9-10H2,2H3,(H,19,20)/b11-4+,13-5+. The quantitative estimate of drug-likeness (QED) is 0.413. The highest BCUT2D eigenvalue weighted by Gasteiger charge is 2.08. The van der Waals surface area contributed by atoms with E-state index < -0.39 is 5.97 Å². The number of rotatable bonds is 8. The Morgan fingerprint density at radius 3 is 2.76 bits per heavy atom. The van der Waals surface area contributed by atoms with E-state index in [-0.39, 0.29) is 24.5 Å². The fourth-order valence-electron chi connectivity index (χ4n) is 1.42. The van der Waals surface area contributed by atoms with Gasteiger partial charge in [-0.25, -0.2) is 4.79 Å². The van der Waals surface area contributed by atoms with Crippen molar-refractivity contribution in [3.63, 3.8) is 0 Å². The predicted molar refractivity (Wildman–Crippen MR) is 88.4 cm³/mol. The number of carbonyl (C=O) groups is 2. The summed E-state index contributed by atoms with van der Waals surface area (Å²) in [5, 5.41) is 8.79. The third kappa shape index (κ3) is 6.44. The Morgan fingerprint density at radius 1 is 1.48 bits per heavy atom. The van der Waals surface area contributed by atoms with E-state index in [4.69, 9.17) is 9.84 Å². The Hall–Kier alpha value is -1.83. The lowest BCUT2D eigenvalue weighted by atomic mass is 10.3. The van der Waals surface area contributed by atoms with Crippen molar-refractivity contribution >= 4 is 34.3 Å². The molecule has 1 heterocycles. The maximum absolute atomic E-state index is 11.7. The van der Waals surface area contributed by atoms with Crippen LogP contribution < -0.4 is 0 Å². The van der Waals surface area contributed by atoms with Crippen LogP contribution in [-0.4, -0.2) is 28.0 Å². The van der Waals surface area contributed by atoms with Gasteiger partial charge in [0.05, 0.1) is 17.9 Å². The zero-order valence-electron chi connectivity index (χ0n) is 11.6. The maximum atomic E-state index is 11.7. The summed E-state index contributed by atoms with van der Waals surface area (Å²) in [6.45, 7) is 5.42. The van der Waals surface area contributed by atoms with Gasteiger partial charge in [0.1, 0.15) is 6.61 Å². The Labute approximate surface area is 136 Å². The number of Topliss-reactive ketones (excluding diaryl/α,β-unsaturated/α-hetero) is 1. The smallest absolute Gasteiger partial charge is 0.337 e. The van der Waals surface area contributed by atoms with Crippen LogP contribution in [0.3, 0.4) is 0 Å². The fourth-order valence-corrected chi connectivity index (χ4v) is 1.60. The normalized spacial score (nSPS) is 12.1. The minimum atomic E-state index is -1.01. The molecule has 1 aromatic heterocycles. The molecule has 5 nitrogen and oxygen atoms in total. The summed E-state index contributed by atoms with van der Waals surface area (Å²) in [6, 6.07) is 1.45. The number of ketones is 1. The monoisotopic (exact) mass is 401 g/mol. The fraction of sp³-hybridized carbons (Fsp3) is 0.200. The molecule has 0 bridgehead atoms. The van der Waals surface area contributed by atoms with Crippen molar-refractivity contribution in [1.29, 1.82) is 0 Å². The first kappa shape index (κ1) is 17.2. The number of ether oxygens (including phenoxy) is 1. The van der Waals surface area contributed by atoms with Crippen molar-refractivity contribution in [2.75, 3.05) is 6.61 Å². The molecule has 0 atom stereocenters. The first-order valence-electron chi connectivity index (χ1n) is 6.12. The average Bonchev–Trinajstić information content (AvgIpc) is 2.91. The lowest BCUT2D eigenvalue weighted by molar-refractivity contribution is -0.122. The van der Waals surface area contributed by atoms with Crippen LogP contribution in [0.2, 0.25) is 0 Å². The highest BCUT2D eigenvalue weighted by atomic mass is 127. The number of hydrogen-bond donors (Lipinski definition) is 1. The number of carboxylic acid groups (broad SMARTS) is 1. The number of carboxylic acids is 1. The van der Waals surface area contributed by atoms with Crippen molar-refractivity contribution in [3.05, 3.63) is 58.2 Å². The van der Waals surface area contributed by atoms with Gasteiger partial charge >= 0.3 is 5.97 Å². The molecule has 1 rings (SSSR count).